The third-order valence-corrected chi connectivity index (χ3v) is 5.86. The van der Waals surface area contributed by atoms with Gasteiger partial charge in [0.15, 0.2) is 0 Å². The first-order chi connectivity index (χ1) is 10.1. The zero-order chi connectivity index (χ0) is 15.3. The second-order valence-corrected chi connectivity index (χ2v) is 7.58. The summed E-state index contributed by atoms with van der Waals surface area (Å²) < 4.78 is 27.4. The number of nitrogens with one attached hydrogen (secondary N) is 1. The maximum absolute atomic E-state index is 12.8. The summed E-state index contributed by atoms with van der Waals surface area (Å²) in [6.07, 6.45) is 3.84. The van der Waals surface area contributed by atoms with Gasteiger partial charge in [-0.1, -0.05) is 32.8 Å². The van der Waals surface area contributed by atoms with Crippen LogP contribution in [0, 0.1) is 0 Å². The van der Waals surface area contributed by atoms with Gasteiger partial charge in [0.25, 0.3) is 0 Å². The topological polar surface area (TPSA) is 49.4 Å². The van der Waals surface area contributed by atoms with Crippen LogP contribution in [0.4, 0.5) is 0 Å². The highest BCUT2D eigenvalue weighted by Gasteiger charge is 2.25. The molecule has 0 fully saturated rings. The van der Waals surface area contributed by atoms with Crippen molar-refractivity contribution in [3.63, 3.8) is 0 Å². The molecule has 0 bridgehead atoms. The van der Waals surface area contributed by atoms with Gasteiger partial charge in [-0.25, -0.2) is 8.42 Å². The molecular formula is C16H26N2O2S. The van der Waals surface area contributed by atoms with Gasteiger partial charge in [-0.05, 0) is 36.1 Å². The number of unbranched alkanes of at least 4 members (excludes halogenated alkanes) is 2. The number of nitrogens with zero attached hydrogens (tertiary/aromatic N) is 1. The fraction of sp³-hybridized carbons (Fsp3) is 0.625. The lowest BCUT2D eigenvalue weighted by molar-refractivity contribution is 0.395. The Hall–Kier alpha value is -0.910. The maximum atomic E-state index is 12.8. The standard InChI is InChI=1S/C16H26N2O2S/c1-3-5-9-18(10-6-4-2)21(19,20)16-8-7-14-12-17-13-15(14)11-16/h7-8,11,17H,3-6,9-10,12-13H2,1-2H3. The Morgan fingerprint density at radius 1 is 1.05 bits per heavy atom. The normalized spacial score (nSPS) is 14.6. The fourth-order valence-electron chi connectivity index (χ4n) is 2.60. The molecule has 1 N–H and O–H groups in total. The molecule has 0 aliphatic carbocycles. The summed E-state index contributed by atoms with van der Waals surface area (Å²) in [5.41, 5.74) is 2.32. The predicted molar refractivity (Wildman–Crippen MR) is 85.6 cm³/mol. The van der Waals surface area contributed by atoms with E-state index in [1.54, 1.807) is 10.4 Å². The molecule has 0 amide bonds. The SMILES string of the molecule is CCCCN(CCCC)S(=O)(=O)c1ccc2c(c1)CNC2. The molecule has 21 heavy (non-hydrogen) atoms. The Morgan fingerprint density at radius 2 is 1.67 bits per heavy atom. The van der Waals surface area contributed by atoms with Crippen molar-refractivity contribution in [3.8, 4) is 0 Å². The van der Waals surface area contributed by atoms with Crippen molar-refractivity contribution in [2.75, 3.05) is 13.1 Å². The predicted octanol–water partition coefficient (Wildman–Crippen LogP) is 2.88. The van der Waals surface area contributed by atoms with Gasteiger partial charge in [0.05, 0.1) is 4.90 Å². The summed E-state index contributed by atoms with van der Waals surface area (Å²) in [4.78, 5) is 0.442. The zero-order valence-electron chi connectivity index (χ0n) is 13.1. The molecule has 0 aromatic heterocycles. The van der Waals surface area contributed by atoms with Crippen molar-refractivity contribution >= 4 is 10.0 Å². The average molecular weight is 310 g/mol. The van der Waals surface area contributed by atoms with Crippen molar-refractivity contribution in [2.45, 2.75) is 57.5 Å². The first-order valence-electron chi connectivity index (χ1n) is 7.92. The van der Waals surface area contributed by atoms with E-state index in [2.05, 4.69) is 19.2 Å². The summed E-state index contributed by atoms with van der Waals surface area (Å²) in [5, 5.41) is 3.26. The lowest BCUT2D eigenvalue weighted by atomic mass is 10.1. The van der Waals surface area contributed by atoms with Crippen LogP contribution < -0.4 is 5.32 Å². The molecule has 1 aromatic rings. The van der Waals surface area contributed by atoms with Gasteiger partial charge in [-0.2, -0.15) is 4.31 Å². The lowest BCUT2D eigenvalue weighted by Gasteiger charge is -2.22. The first-order valence-corrected chi connectivity index (χ1v) is 9.36. The van der Waals surface area contributed by atoms with Crippen LogP contribution in [-0.4, -0.2) is 25.8 Å². The van der Waals surface area contributed by atoms with E-state index in [9.17, 15) is 8.42 Å². The van der Waals surface area contributed by atoms with Gasteiger partial charge in [0, 0.05) is 26.2 Å². The van der Waals surface area contributed by atoms with E-state index in [4.69, 9.17) is 0 Å². The van der Waals surface area contributed by atoms with Crippen molar-refractivity contribution < 1.29 is 8.42 Å². The number of hydrogen-bond acceptors (Lipinski definition) is 3. The van der Waals surface area contributed by atoms with Crippen molar-refractivity contribution in [3.05, 3.63) is 29.3 Å². The highest BCUT2D eigenvalue weighted by atomic mass is 32.2. The van der Waals surface area contributed by atoms with Gasteiger partial charge in [-0.3, -0.25) is 0 Å². The van der Waals surface area contributed by atoms with Crippen LogP contribution in [0.25, 0.3) is 0 Å². The van der Waals surface area contributed by atoms with E-state index in [0.717, 1.165) is 44.3 Å². The van der Waals surface area contributed by atoms with E-state index >= 15 is 0 Å². The minimum Gasteiger partial charge on any atom is -0.309 e. The molecule has 0 spiro atoms. The van der Waals surface area contributed by atoms with Crippen LogP contribution in [0.3, 0.4) is 0 Å². The van der Waals surface area contributed by atoms with E-state index in [1.165, 1.54) is 5.56 Å². The molecule has 0 saturated carbocycles. The third-order valence-electron chi connectivity index (χ3n) is 3.97. The molecule has 1 heterocycles. The van der Waals surface area contributed by atoms with Crippen LogP contribution in [0.15, 0.2) is 23.1 Å². The van der Waals surface area contributed by atoms with Crippen molar-refractivity contribution in [1.82, 2.24) is 9.62 Å². The van der Waals surface area contributed by atoms with E-state index in [0.29, 0.717) is 18.0 Å². The molecule has 1 aromatic carbocycles. The zero-order valence-corrected chi connectivity index (χ0v) is 13.9. The summed E-state index contributed by atoms with van der Waals surface area (Å²) >= 11 is 0. The molecule has 5 heteroatoms. The molecule has 1 aliphatic rings. The second kappa shape index (κ2) is 7.38. The number of benzene rings is 1. The molecule has 4 nitrogen and oxygen atoms in total. The summed E-state index contributed by atoms with van der Waals surface area (Å²) in [6, 6.07) is 5.54. The number of fused-ring (bicyclic) bond motifs is 1. The first kappa shape index (κ1) is 16.5. The molecule has 0 atom stereocenters. The summed E-state index contributed by atoms with van der Waals surface area (Å²) in [5.74, 6) is 0. The number of hydrogen-bond donors (Lipinski definition) is 1. The minimum atomic E-state index is -3.36. The van der Waals surface area contributed by atoms with Gasteiger partial charge >= 0.3 is 0 Å². The van der Waals surface area contributed by atoms with E-state index in [-0.39, 0.29) is 0 Å². The fourth-order valence-corrected chi connectivity index (χ4v) is 4.17. The summed E-state index contributed by atoms with van der Waals surface area (Å²) in [7, 11) is -3.36. The quantitative estimate of drug-likeness (QED) is 0.803. The highest BCUT2D eigenvalue weighted by molar-refractivity contribution is 7.89. The molecule has 0 saturated heterocycles. The number of rotatable bonds is 8. The Labute approximate surface area is 128 Å². The van der Waals surface area contributed by atoms with Crippen molar-refractivity contribution in [1.29, 1.82) is 0 Å². The molecular weight excluding hydrogens is 284 g/mol. The molecule has 2 rings (SSSR count). The lowest BCUT2D eigenvalue weighted by Crippen LogP contribution is -2.33. The van der Waals surface area contributed by atoms with Crippen LogP contribution >= 0.6 is 0 Å². The highest BCUT2D eigenvalue weighted by Crippen LogP contribution is 2.23. The van der Waals surface area contributed by atoms with Crippen LogP contribution in [-0.2, 0) is 23.1 Å². The van der Waals surface area contributed by atoms with E-state index in [1.807, 2.05) is 12.1 Å². The molecule has 0 unspecified atom stereocenters. The Bertz CT molecular complexity index is 562. The molecule has 118 valence electrons. The largest absolute Gasteiger partial charge is 0.309 e. The minimum absolute atomic E-state index is 0.442. The van der Waals surface area contributed by atoms with Crippen molar-refractivity contribution in [2.24, 2.45) is 0 Å². The van der Waals surface area contributed by atoms with Gasteiger partial charge < -0.3 is 5.32 Å². The number of sulfonamides is 1. The summed E-state index contributed by atoms with van der Waals surface area (Å²) in [6.45, 7) is 7.02. The average Bonchev–Trinajstić information content (AvgIpc) is 2.94. The third kappa shape index (κ3) is 3.84. The Morgan fingerprint density at radius 3 is 2.29 bits per heavy atom. The van der Waals surface area contributed by atoms with Crippen LogP contribution in [0.1, 0.15) is 50.7 Å². The Balaban J connectivity index is 2.24. The molecule has 1 aliphatic heterocycles. The molecule has 0 radical (unpaired) electrons. The monoisotopic (exact) mass is 310 g/mol. The van der Waals surface area contributed by atoms with E-state index < -0.39 is 10.0 Å². The van der Waals surface area contributed by atoms with Gasteiger partial charge in [-0.15, -0.1) is 0 Å². The second-order valence-electron chi connectivity index (χ2n) is 5.65. The van der Waals surface area contributed by atoms with Gasteiger partial charge in [0.1, 0.15) is 0 Å². The maximum Gasteiger partial charge on any atom is 0.243 e. The van der Waals surface area contributed by atoms with Crippen LogP contribution in [0.2, 0.25) is 0 Å². The Kier molecular flexibility index (Phi) is 5.79. The smallest absolute Gasteiger partial charge is 0.243 e. The van der Waals surface area contributed by atoms with Crippen LogP contribution in [0.5, 0.6) is 0 Å². The van der Waals surface area contributed by atoms with Gasteiger partial charge in [0.2, 0.25) is 10.0 Å².